The molecule has 2 aliphatic heterocycles. The van der Waals surface area contributed by atoms with Gasteiger partial charge in [0.1, 0.15) is 0 Å². The molecule has 0 aliphatic carbocycles. The van der Waals surface area contributed by atoms with Crippen LogP contribution in [0.3, 0.4) is 0 Å². The number of rotatable bonds is 2. The lowest BCUT2D eigenvalue weighted by Gasteiger charge is -2.18. The van der Waals surface area contributed by atoms with E-state index in [2.05, 4.69) is 23.5 Å². The highest BCUT2D eigenvalue weighted by molar-refractivity contribution is 5.33. The SMILES string of the molecule is c1cc2c(cc1CC1CCNC1)CCOC2. The molecule has 0 spiro atoms. The fourth-order valence-corrected chi connectivity index (χ4v) is 2.77. The van der Waals surface area contributed by atoms with Crippen molar-refractivity contribution in [2.45, 2.75) is 25.9 Å². The van der Waals surface area contributed by atoms with Crippen LogP contribution in [0.15, 0.2) is 18.2 Å². The van der Waals surface area contributed by atoms with Crippen LogP contribution >= 0.6 is 0 Å². The molecule has 1 aromatic carbocycles. The summed E-state index contributed by atoms with van der Waals surface area (Å²) in [5.41, 5.74) is 4.41. The smallest absolute Gasteiger partial charge is 0.0719 e. The van der Waals surface area contributed by atoms with E-state index >= 15 is 0 Å². The van der Waals surface area contributed by atoms with Crippen LogP contribution in [0.2, 0.25) is 0 Å². The van der Waals surface area contributed by atoms with Crippen LogP contribution in [0.5, 0.6) is 0 Å². The molecular formula is C14H19NO. The molecule has 3 rings (SSSR count). The third-order valence-electron chi connectivity index (χ3n) is 3.73. The Morgan fingerprint density at radius 2 is 2.31 bits per heavy atom. The minimum atomic E-state index is 0.806. The average Bonchev–Trinajstić information content (AvgIpc) is 2.82. The van der Waals surface area contributed by atoms with Gasteiger partial charge in [0.25, 0.3) is 0 Å². The first-order valence-electron chi connectivity index (χ1n) is 6.31. The Labute approximate surface area is 97.0 Å². The molecule has 0 radical (unpaired) electrons. The van der Waals surface area contributed by atoms with Gasteiger partial charge < -0.3 is 10.1 Å². The van der Waals surface area contributed by atoms with Crippen LogP contribution in [0.4, 0.5) is 0 Å². The van der Waals surface area contributed by atoms with E-state index < -0.39 is 0 Å². The quantitative estimate of drug-likeness (QED) is 0.817. The van der Waals surface area contributed by atoms with Crippen molar-refractivity contribution >= 4 is 0 Å². The van der Waals surface area contributed by atoms with Crippen molar-refractivity contribution in [1.82, 2.24) is 5.32 Å². The fourth-order valence-electron chi connectivity index (χ4n) is 2.77. The van der Waals surface area contributed by atoms with Gasteiger partial charge in [-0.3, -0.25) is 0 Å². The molecule has 1 N–H and O–H groups in total. The van der Waals surface area contributed by atoms with Crippen molar-refractivity contribution in [2.24, 2.45) is 5.92 Å². The highest BCUT2D eigenvalue weighted by Gasteiger charge is 2.16. The fraction of sp³-hybridized carbons (Fsp3) is 0.571. The van der Waals surface area contributed by atoms with E-state index in [1.807, 2.05) is 0 Å². The summed E-state index contributed by atoms with van der Waals surface area (Å²) in [5, 5.41) is 3.43. The molecule has 0 aromatic heterocycles. The van der Waals surface area contributed by atoms with Crippen LogP contribution in [0.1, 0.15) is 23.1 Å². The summed E-state index contributed by atoms with van der Waals surface area (Å²) in [6, 6.07) is 6.94. The van der Waals surface area contributed by atoms with Gasteiger partial charge in [0, 0.05) is 0 Å². The maximum atomic E-state index is 5.46. The first kappa shape index (κ1) is 10.3. The van der Waals surface area contributed by atoms with Crippen molar-refractivity contribution in [3.05, 3.63) is 34.9 Å². The minimum Gasteiger partial charge on any atom is -0.376 e. The Morgan fingerprint density at radius 3 is 3.19 bits per heavy atom. The molecule has 2 heteroatoms. The first-order chi connectivity index (χ1) is 7.92. The number of nitrogens with one attached hydrogen (secondary N) is 1. The van der Waals surface area contributed by atoms with Crippen LogP contribution < -0.4 is 5.32 Å². The van der Waals surface area contributed by atoms with E-state index in [1.165, 1.54) is 42.6 Å². The standard InChI is InChI=1S/C14H19NO/c1-2-14-10-16-6-4-13(14)8-11(1)7-12-3-5-15-9-12/h1-2,8,12,15H,3-7,9-10H2. The number of benzene rings is 1. The summed E-state index contributed by atoms with van der Waals surface area (Å²) in [7, 11) is 0. The molecule has 2 aliphatic rings. The van der Waals surface area contributed by atoms with E-state index in [0.717, 1.165) is 25.6 Å². The van der Waals surface area contributed by atoms with Gasteiger partial charge in [0.2, 0.25) is 0 Å². The molecule has 2 nitrogen and oxygen atoms in total. The number of ether oxygens (including phenoxy) is 1. The van der Waals surface area contributed by atoms with E-state index in [0.29, 0.717) is 0 Å². The minimum absolute atomic E-state index is 0.806. The van der Waals surface area contributed by atoms with Crippen LogP contribution in [0, 0.1) is 5.92 Å². The lowest BCUT2D eigenvalue weighted by atomic mass is 9.94. The molecule has 1 aromatic rings. The number of fused-ring (bicyclic) bond motifs is 1. The van der Waals surface area contributed by atoms with E-state index in [1.54, 1.807) is 0 Å². The normalized spacial score (nSPS) is 24.4. The molecule has 0 amide bonds. The molecule has 86 valence electrons. The second kappa shape index (κ2) is 4.56. The van der Waals surface area contributed by atoms with E-state index in [4.69, 9.17) is 4.74 Å². The Morgan fingerprint density at radius 1 is 1.31 bits per heavy atom. The zero-order valence-corrected chi connectivity index (χ0v) is 9.67. The highest BCUT2D eigenvalue weighted by Crippen LogP contribution is 2.21. The predicted molar refractivity (Wildman–Crippen MR) is 64.5 cm³/mol. The van der Waals surface area contributed by atoms with Gasteiger partial charge in [0.05, 0.1) is 13.2 Å². The Bertz CT molecular complexity index is 369. The van der Waals surface area contributed by atoms with Gasteiger partial charge in [0.15, 0.2) is 0 Å². The number of hydrogen-bond acceptors (Lipinski definition) is 2. The van der Waals surface area contributed by atoms with Crippen LogP contribution in [0.25, 0.3) is 0 Å². The summed E-state index contributed by atoms with van der Waals surface area (Å²) >= 11 is 0. The molecule has 1 saturated heterocycles. The average molecular weight is 217 g/mol. The monoisotopic (exact) mass is 217 g/mol. The number of hydrogen-bond donors (Lipinski definition) is 1. The van der Waals surface area contributed by atoms with Crippen molar-refractivity contribution < 1.29 is 4.74 Å². The van der Waals surface area contributed by atoms with Gasteiger partial charge >= 0.3 is 0 Å². The lowest BCUT2D eigenvalue weighted by molar-refractivity contribution is 0.110. The summed E-state index contributed by atoms with van der Waals surface area (Å²) in [4.78, 5) is 0. The van der Waals surface area contributed by atoms with Gasteiger partial charge in [-0.15, -0.1) is 0 Å². The van der Waals surface area contributed by atoms with Crippen molar-refractivity contribution in [3.63, 3.8) is 0 Å². The Hall–Kier alpha value is -0.860. The molecule has 1 unspecified atom stereocenters. The summed E-state index contributed by atoms with van der Waals surface area (Å²) in [6.45, 7) is 4.09. The third kappa shape index (κ3) is 2.13. The highest BCUT2D eigenvalue weighted by atomic mass is 16.5. The maximum Gasteiger partial charge on any atom is 0.0719 e. The summed E-state index contributed by atoms with van der Waals surface area (Å²) in [5.74, 6) is 0.845. The summed E-state index contributed by atoms with van der Waals surface area (Å²) < 4.78 is 5.46. The molecule has 0 saturated carbocycles. The van der Waals surface area contributed by atoms with E-state index in [9.17, 15) is 0 Å². The maximum absolute atomic E-state index is 5.46. The van der Waals surface area contributed by atoms with Crippen LogP contribution in [-0.4, -0.2) is 19.7 Å². The molecule has 1 fully saturated rings. The molecule has 1 atom stereocenters. The largest absolute Gasteiger partial charge is 0.376 e. The van der Waals surface area contributed by atoms with E-state index in [-0.39, 0.29) is 0 Å². The predicted octanol–water partition coefficient (Wildman–Crippen LogP) is 1.91. The second-order valence-electron chi connectivity index (χ2n) is 4.97. The lowest BCUT2D eigenvalue weighted by Crippen LogP contribution is -2.13. The zero-order chi connectivity index (χ0) is 10.8. The van der Waals surface area contributed by atoms with Gasteiger partial charge in [-0.1, -0.05) is 18.2 Å². The van der Waals surface area contributed by atoms with Gasteiger partial charge in [-0.25, -0.2) is 0 Å². The van der Waals surface area contributed by atoms with Crippen molar-refractivity contribution in [3.8, 4) is 0 Å². The second-order valence-corrected chi connectivity index (χ2v) is 4.97. The van der Waals surface area contributed by atoms with Crippen molar-refractivity contribution in [2.75, 3.05) is 19.7 Å². The van der Waals surface area contributed by atoms with Gasteiger partial charge in [-0.05, 0) is 55.0 Å². The Kier molecular flexibility index (Phi) is 2.94. The Balaban J connectivity index is 1.74. The van der Waals surface area contributed by atoms with Gasteiger partial charge in [-0.2, -0.15) is 0 Å². The molecule has 16 heavy (non-hydrogen) atoms. The molecule has 2 heterocycles. The molecular weight excluding hydrogens is 198 g/mol. The topological polar surface area (TPSA) is 21.3 Å². The first-order valence-corrected chi connectivity index (χ1v) is 6.31. The summed E-state index contributed by atoms with van der Waals surface area (Å²) in [6.07, 6.45) is 3.66. The third-order valence-corrected chi connectivity index (χ3v) is 3.73. The zero-order valence-electron chi connectivity index (χ0n) is 9.67. The molecule has 0 bridgehead atoms. The van der Waals surface area contributed by atoms with Crippen molar-refractivity contribution in [1.29, 1.82) is 0 Å². The van der Waals surface area contributed by atoms with Crippen LogP contribution in [-0.2, 0) is 24.2 Å².